The van der Waals surface area contributed by atoms with E-state index < -0.39 is 4.92 Å². The van der Waals surface area contributed by atoms with Gasteiger partial charge in [0, 0.05) is 17.7 Å². The Morgan fingerprint density at radius 3 is 2.63 bits per heavy atom. The Bertz CT molecular complexity index is 869. The molecule has 0 N–H and O–H groups in total. The molecule has 0 unspecified atom stereocenters. The van der Waals surface area contributed by atoms with E-state index in [0.29, 0.717) is 22.6 Å². The third-order valence-electron chi connectivity index (χ3n) is 4.55. The number of benzene rings is 2. The van der Waals surface area contributed by atoms with Crippen LogP contribution in [0.25, 0.3) is 6.08 Å². The Labute approximate surface area is 157 Å². The highest BCUT2D eigenvalue weighted by molar-refractivity contribution is 6.07. The molecule has 2 aromatic rings. The zero-order valence-corrected chi connectivity index (χ0v) is 15.1. The molecule has 0 bridgehead atoms. The summed E-state index contributed by atoms with van der Waals surface area (Å²) in [6.45, 7) is 0. The second-order valence-electron chi connectivity index (χ2n) is 6.44. The Kier molecular flexibility index (Phi) is 5.86. The lowest BCUT2D eigenvalue weighted by molar-refractivity contribution is -0.384. The van der Waals surface area contributed by atoms with Crippen molar-refractivity contribution in [2.24, 2.45) is 0 Å². The summed E-state index contributed by atoms with van der Waals surface area (Å²) in [4.78, 5) is 22.9. The summed E-state index contributed by atoms with van der Waals surface area (Å²) in [6, 6.07) is 11.2. The molecule has 2 aromatic carbocycles. The van der Waals surface area contributed by atoms with Crippen molar-refractivity contribution in [3.8, 4) is 11.5 Å². The molecule has 140 valence electrons. The van der Waals surface area contributed by atoms with Gasteiger partial charge in [0.05, 0.1) is 18.1 Å². The van der Waals surface area contributed by atoms with E-state index in [2.05, 4.69) is 0 Å². The van der Waals surface area contributed by atoms with Gasteiger partial charge in [-0.05, 0) is 55.5 Å². The molecule has 1 fully saturated rings. The standard InChI is InChI=1S/C21H21NO5/c1-26-20-12-10-16(14-21(20)27-18-7-2-3-8-18)19(23)11-9-15-5-4-6-17(13-15)22(24)25/h4-6,9-14,18H,2-3,7-8H2,1H3/b11-9+. The molecule has 6 heteroatoms. The van der Waals surface area contributed by atoms with Gasteiger partial charge in [-0.15, -0.1) is 0 Å². The summed E-state index contributed by atoms with van der Waals surface area (Å²) in [5.41, 5.74) is 1.06. The summed E-state index contributed by atoms with van der Waals surface area (Å²) >= 11 is 0. The van der Waals surface area contributed by atoms with Crippen molar-refractivity contribution in [3.05, 3.63) is 69.8 Å². The first-order valence-electron chi connectivity index (χ1n) is 8.88. The maximum absolute atomic E-state index is 12.5. The van der Waals surface area contributed by atoms with E-state index in [4.69, 9.17) is 9.47 Å². The van der Waals surface area contributed by atoms with Gasteiger partial charge in [-0.25, -0.2) is 0 Å². The molecule has 1 aliphatic carbocycles. The lowest BCUT2D eigenvalue weighted by atomic mass is 10.1. The summed E-state index contributed by atoms with van der Waals surface area (Å²) in [5, 5.41) is 10.8. The van der Waals surface area contributed by atoms with E-state index in [-0.39, 0.29) is 17.6 Å². The average molecular weight is 367 g/mol. The number of methoxy groups -OCH3 is 1. The molecule has 0 heterocycles. The number of non-ortho nitro benzene ring substituents is 1. The van der Waals surface area contributed by atoms with E-state index in [9.17, 15) is 14.9 Å². The molecule has 0 aromatic heterocycles. The normalized spacial score (nSPS) is 14.4. The molecule has 0 aliphatic heterocycles. The first kappa shape index (κ1) is 18.6. The van der Waals surface area contributed by atoms with Gasteiger partial charge in [0.25, 0.3) is 5.69 Å². The van der Waals surface area contributed by atoms with Crippen LogP contribution in [0.4, 0.5) is 5.69 Å². The molecular weight excluding hydrogens is 346 g/mol. The van der Waals surface area contributed by atoms with Crippen LogP contribution >= 0.6 is 0 Å². The fraction of sp³-hybridized carbons (Fsp3) is 0.286. The number of carbonyl (C=O) groups is 1. The lowest BCUT2D eigenvalue weighted by Crippen LogP contribution is -2.12. The fourth-order valence-corrected chi connectivity index (χ4v) is 3.12. The van der Waals surface area contributed by atoms with E-state index in [1.54, 1.807) is 43.5 Å². The van der Waals surface area contributed by atoms with Crippen LogP contribution in [-0.2, 0) is 0 Å². The van der Waals surface area contributed by atoms with Gasteiger partial charge >= 0.3 is 0 Å². The Balaban J connectivity index is 1.77. The molecule has 1 saturated carbocycles. The van der Waals surface area contributed by atoms with Crippen molar-refractivity contribution in [1.29, 1.82) is 0 Å². The lowest BCUT2D eigenvalue weighted by Gasteiger charge is -2.16. The summed E-state index contributed by atoms with van der Waals surface area (Å²) in [6.07, 6.45) is 7.44. The van der Waals surface area contributed by atoms with Crippen LogP contribution in [0.5, 0.6) is 11.5 Å². The maximum atomic E-state index is 12.5. The third kappa shape index (κ3) is 4.73. The Morgan fingerprint density at radius 1 is 1.15 bits per heavy atom. The summed E-state index contributed by atoms with van der Waals surface area (Å²) in [5.74, 6) is 0.959. The van der Waals surface area contributed by atoms with E-state index in [0.717, 1.165) is 25.7 Å². The van der Waals surface area contributed by atoms with Gasteiger partial charge in [0.15, 0.2) is 17.3 Å². The van der Waals surface area contributed by atoms with Crippen molar-refractivity contribution in [3.63, 3.8) is 0 Å². The van der Waals surface area contributed by atoms with Crippen LogP contribution in [0, 0.1) is 10.1 Å². The summed E-state index contributed by atoms with van der Waals surface area (Å²) in [7, 11) is 1.57. The zero-order valence-electron chi connectivity index (χ0n) is 15.1. The minimum absolute atomic E-state index is 0.0127. The average Bonchev–Trinajstić information content (AvgIpc) is 3.19. The number of hydrogen-bond donors (Lipinski definition) is 0. The van der Waals surface area contributed by atoms with Crippen molar-refractivity contribution < 1.29 is 19.2 Å². The molecule has 27 heavy (non-hydrogen) atoms. The smallest absolute Gasteiger partial charge is 0.270 e. The first-order valence-corrected chi connectivity index (χ1v) is 8.88. The minimum Gasteiger partial charge on any atom is -0.493 e. The van der Waals surface area contributed by atoms with Crippen LogP contribution in [0.15, 0.2) is 48.5 Å². The number of rotatable bonds is 7. The Hall–Kier alpha value is -3.15. The quantitative estimate of drug-likeness (QED) is 0.303. The molecule has 0 atom stereocenters. The predicted octanol–water partition coefficient (Wildman–Crippen LogP) is 4.82. The third-order valence-corrected chi connectivity index (χ3v) is 4.55. The second-order valence-corrected chi connectivity index (χ2v) is 6.44. The van der Waals surface area contributed by atoms with E-state index in [1.807, 2.05) is 0 Å². The van der Waals surface area contributed by atoms with Crippen LogP contribution in [0.3, 0.4) is 0 Å². The summed E-state index contributed by atoms with van der Waals surface area (Å²) < 4.78 is 11.4. The molecule has 0 saturated heterocycles. The van der Waals surface area contributed by atoms with E-state index >= 15 is 0 Å². The van der Waals surface area contributed by atoms with Gasteiger partial charge in [0.2, 0.25) is 0 Å². The second kappa shape index (κ2) is 8.49. The highest BCUT2D eigenvalue weighted by Crippen LogP contribution is 2.32. The van der Waals surface area contributed by atoms with Crippen molar-refractivity contribution in [2.45, 2.75) is 31.8 Å². The van der Waals surface area contributed by atoms with Crippen LogP contribution in [0.2, 0.25) is 0 Å². The number of nitro groups is 1. The molecule has 0 spiro atoms. The molecule has 1 aliphatic rings. The maximum Gasteiger partial charge on any atom is 0.270 e. The van der Waals surface area contributed by atoms with Gasteiger partial charge in [-0.1, -0.05) is 18.2 Å². The SMILES string of the molecule is COc1ccc(C(=O)/C=C/c2cccc([N+](=O)[O-])c2)cc1OC1CCCC1. The number of ketones is 1. The fourth-order valence-electron chi connectivity index (χ4n) is 3.12. The van der Waals surface area contributed by atoms with Crippen molar-refractivity contribution in [2.75, 3.05) is 7.11 Å². The molecular formula is C21H21NO5. The largest absolute Gasteiger partial charge is 0.493 e. The number of carbonyl (C=O) groups excluding carboxylic acids is 1. The van der Waals surface area contributed by atoms with Gasteiger partial charge in [-0.3, -0.25) is 14.9 Å². The molecule has 0 radical (unpaired) electrons. The Morgan fingerprint density at radius 2 is 1.93 bits per heavy atom. The minimum atomic E-state index is -0.463. The first-order chi connectivity index (χ1) is 13.1. The monoisotopic (exact) mass is 367 g/mol. The number of hydrogen-bond acceptors (Lipinski definition) is 5. The molecule has 3 rings (SSSR count). The van der Waals surface area contributed by atoms with Crippen LogP contribution in [-0.4, -0.2) is 23.9 Å². The number of allylic oxidation sites excluding steroid dienone is 1. The zero-order chi connectivity index (χ0) is 19.2. The van der Waals surface area contributed by atoms with Crippen molar-refractivity contribution >= 4 is 17.5 Å². The highest BCUT2D eigenvalue weighted by atomic mass is 16.6. The molecule has 6 nitrogen and oxygen atoms in total. The van der Waals surface area contributed by atoms with Gasteiger partial charge in [-0.2, -0.15) is 0 Å². The van der Waals surface area contributed by atoms with Crippen LogP contribution in [0.1, 0.15) is 41.6 Å². The van der Waals surface area contributed by atoms with E-state index in [1.165, 1.54) is 18.2 Å². The molecule has 0 amide bonds. The topological polar surface area (TPSA) is 78.7 Å². The predicted molar refractivity (Wildman–Crippen MR) is 102 cm³/mol. The number of ether oxygens (including phenoxy) is 2. The van der Waals surface area contributed by atoms with Crippen molar-refractivity contribution in [1.82, 2.24) is 0 Å². The number of nitro benzene ring substituents is 1. The van der Waals surface area contributed by atoms with Gasteiger partial charge in [0.1, 0.15) is 0 Å². The number of nitrogens with zero attached hydrogens (tertiary/aromatic N) is 1. The van der Waals surface area contributed by atoms with Gasteiger partial charge < -0.3 is 9.47 Å². The highest BCUT2D eigenvalue weighted by Gasteiger charge is 2.19. The van der Waals surface area contributed by atoms with Crippen LogP contribution < -0.4 is 9.47 Å².